The Kier molecular flexibility index (Phi) is 48.5. The Hall–Kier alpha value is -2.05. The molecule has 0 bridgehead atoms. The summed E-state index contributed by atoms with van der Waals surface area (Å²) in [7, 11) is 0. The van der Waals surface area contributed by atoms with Crippen molar-refractivity contribution in [3.8, 4) is 0 Å². The van der Waals surface area contributed by atoms with Crippen LogP contribution >= 0.6 is 0 Å². The molecule has 0 aromatic carbocycles. The van der Waals surface area contributed by atoms with Gasteiger partial charge in [-0.25, -0.2) is 0 Å². The van der Waals surface area contributed by atoms with E-state index in [0.717, 1.165) is 77.0 Å². The summed E-state index contributed by atoms with van der Waals surface area (Å²) in [6, 6.07) is -0.831. The van der Waals surface area contributed by atoms with Crippen LogP contribution in [-0.4, -0.2) is 140 Å². The van der Waals surface area contributed by atoms with E-state index in [0.29, 0.717) is 12.8 Å². The minimum atomic E-state index is -1.78. The Morgan fingerprint density at radius 1 is 0.457 bits per heavy atom. The van der Waals surface area contributed by atoms with Crippen LogP contribution < -0.4 is 5.32 Å². The van der Waals surface area contributed by atoms with Gasteiger partial charge in [0.15, 0.2) is 12.6 Å². The fourth-order valence-corrected chi connectivity index (χ4v) is 11.0. The molecule has 0 aliphatic carbocycles. The van der Waals surface area contributed by atoms with Crippen LogP contribution in [0.5, 0.6) is 0 Å². The van der Waals surface area contributed by atoms with E-state index in [1.807, 2.05) is 0 Å². The van der Waals surface area contributed by atoms with Crippen LogP contribution in [0.4, 0.5) is 0 Å². The molecule has 2 heterocycles. The maximum Gasteiger partial charge on any atom is 0.220 e. The smallest absolute Gasteiger partial charge is 0.220 e. The number of carbonyl (C=O) groups excluding carboxylic acids is 1. The summed E-state index contributed by atoms with van der Waals surface area (Å²) >= 11 is 0. The van der Waals surface area contributed by atoms with Crippen molar-refractivity contribution < 1.29 is 64.6 Å². The van der Waals surface area contributed by atoms with E-state index in [-0.39, 0.29) is 12.5 Å². The average Bonchev–Trinajstić information content (AvgIpc) is 3.62. The van der Waals surface area contributed by atoms with Crippen LogP contribution in [0.15, 0.2) is 48.6 Å². The summed E-state index contributed by atoms with van der Waals surface area (Å²) in [4.78, 5) is 13.3. The minimum Gasteiger partial charge on any atom is -0.394 e. The van der Waals surface area contributed by atoms with Gasteiger partial charge in [-0.2, -0.15) is 0 Å². The van der Waals surface area contributed by atoms with E-state index in [9.17, 15) is 45.6 Å². The summed E-state index contributed by atoms with van der Waals surface area (Å²) in [6.07, 6.45) is 49.7. The molecule has 0 aromatic rings. The lowest BCUT2D eigenvalue weighted by Crippen LogP contribution is -2.65. The molecule has 2 rings (SSSR count). The van der Waals surface area contributed by atoms with Crippen molar-refractivity contribution >= 4 is 5.91 Å². The van der Waals surface area contributed by atoms with Gasteiger partial charge in [0.25, 0.3) is 0 Å². The summed E-state index contributed by atoms with van der Waals surface area (Å²) < 4.78 is 22.9. The Bertz CT molecular complexity index is 1540. The van der Waals surface area contributed by atoms with E-state index in [2.05, 4.69) is 67.8 Å². The molecule has 14 nitrogen and oxygen atoms in total. The normalized spacial score (nSPS) is 24.4. The molecule has 12 atom stereocenters. The highest BCUT2D eigenvalue weighted by Gasteiger charge is 2.51. The first kappa shape index (κ1) is 75.0. The van der Waals surface area contributed by atoms with E-state index in [1.165, 1.54) is 173 Å². The molecule has 12 unspecified atom stereocenters. The second-order valence-electron chi connectivity index (χ2n) is 23.6. The molecule has 1 amide bonds. The number of allylic oxidation sites excluding steroid dienone is 8. The van der Waals surface area contributed by atoms with Gasteiger partial charge in [-0.3, -0.25) is 4.79 Å². The predicted octanol–water partition coefficient (Wildman–Crippen LogP) is 12.7. The highest BCUT2D eigenvalue weighted by atomic mass is 16.7. The van der Waals surface area contributed by atoms with Crippen LogP contribution in [0, 0.1) is 0 Å². The largest absolute Gasteiger partial charge is 0.394 e. The zero-order valence-corrected chi connectivity index (χ0v) is 51.3. The molecule has 0 spiro atoms. The van der Waals surface area contributed by atoms with Crippen molar-refractivity contribution in [3.05, 3.63) is 48.6 Å². The molecule has 474 valence electrons. The van der Waals surface area contributed by atoms with Crippen LogP contribution in [0.3, 0.4) is 0 Å². The second-order valence-corrected chi connectivity index (χ2v) is 23.6. The Labute approximate surface area is 493 Å². The third-order valence-corrected chi connectivity index (χ3v) is 16.3. The lowest BCUT2D eigenvalue weighted by molar-refractivity contribution is -0.359. The first-order valence-electron chi connectivity index (χ1n) is 33.4. The maximum atomic E-state index is 13.3. The third-order valence-electron chi connectivity index (χ3n) is 16.3. The molecular formula is C67H123NO13. The Morgan fingerprint density at radius 2 is 0.852 bits per heavy atom. The van der Waals surface area contributed by atoms with Crippen molar-refractivity contribution in [1.29, 1.82) is 0 Å². The number of hydrogen-bond donors (Lipinski definition) is 9. The minimum absolute atomic E-state index is 0.205. The van der Waals surface area contributed by atoms with Crippen molar-refractivity contribution in [3.63, 3.8) is 0 Å². The van der Waals surface area contributed by atoms with E-state index >= 15 is 0 Å². The first-order chi connectivity index (χ1) is 39.6. The van der Waals surface area contributed by atoms with Crippen molar-refractivity contribution in [2.24, 2.45) is 0 Å². The Morgan fingerprint density at radius 3 is 1.31 bits per heavy atom. The average molecular weight is 1150 g/mol. The summed E-state index contributed by atoms with van der Waals surface area (Å²) in [6.45, 7) is 2.78. The number of nitrogens with one attached hydrogen (secondary N) is 1. The summed E-state index contributed by atoms with van der Waals surface area (Å²) in [5.74, 6) is -0.205. The van der Waals surface area contributed by atoms with Gasteiger partial charge in [-0.15, -0.1) is 0 Å². The zero-order valence-electron chi connectivity index (χ0n) is 51.3. The highest BCUT2D eigenvalue weighted by Crippen LogP contribution is 2.30. The van der Waals surface area contributed by atoms with Crippen LogP contribution in [0.25, 0.3) is 0 Å². The van der Waals surface area contributed by atoms with Gasteiger partial charge in [0.2, 0.25) is 5.91 Å². The van der Waals surface area contributed by atoms with Crippen molar-refractivity contribution in [2.75, 3.05) is 19.8 Å². The molecule has 0 aromatic heterocycles. The van der Waals surface area contributed by atoms with Gasteiger partial charge in [0.1, 0.15) is 48.8 Å². The molecule has 2 aliphatic rings. The Balaban J connectivity index is 1.69. The number of rotatable bonds is 54. The fourth-order valence-electron chi connectivity index (χ4n) is 11.0. The van der Waals surface area contributed by atoms with Gasteiger partial charge >= 0.3 is 0 Å². The monoisotopic (exact) mass is 1150 g/mol. The zero-order chi connectivity index (χ0) is 58.8. The number of ether oxygens (including phenoxy) is 4. The first-order valence-corrected chi connectivity index (χ1v) is 33.4. The number of aliphatic hydroxyl groups is 8. The SMILES string of the molecule is CC/C=C\C/C=C\C/C=C\C/C=C\CCCCCCCCCCCCCCCCC(=O)NC(COC1OC(CO)C(OC2OC(CO)C(O)C(O)C2O)C(O)C1O)C(O)CCCCCCCCCCCCCCCCCCCCCC. The molecule has 2 aliphatic heterocycles. The number of hydrogen-bond acceptors (Lipinski definition) is 13. The summed E-state index contributed by atoms with van der Waals surface area (Å²) in [5, 5.41) is 87.5. The van der Waals surface area contributed by atoms with E-state index in [4.69, 9.17) is 18.9 Å². The maximum absolute atomic E-state index is 13.3. The lowest BCUT2D eigenvalue weighted by atomic mass is 9.97. The molecule has 2 saturated heterocycles. The van der Waals surface area contributed by atoms with E-state index in [1.54, 1.807) is 0 Å². The van der Waals surface area contributed by atoms with Crippen LogP contribution in [-0.2, 0) is 23.7 Å². The summed E-state index contributed by atoms with van der Waals surface area (Å²) in [5.41, 5.74) is 0. The third kappa shape index (κ3) is 37.2. The van der Waals surface area contributed by atoms with Crippen molar-refractivity contribution in [1.82, 2.24) is 5.32 Å². The number of aliphatic hydroxyl groups excluding tert-OH is 8. The van der Waals surface area contributed by atoms with Crippen LogP contribution in [0.2, 0.25) is 0 Å². The number of carbonyl (C=O) groups is 1. The van der Waals surface area contributed by atoms with Crippen LogP contribution in [0.1, 0.15) is 277 Å². The number of amides is 1. The van der Waals surface area contributed by atoms with Gasteiger partial charge in [0.05, 0.1) is 32.0 Å². The van der Waals surface area contributed by atoms with Crippen molar-refractivity contribution in [2.45, 2.75) is 351 Å². The second kappa shape index (κ2) is 52.3. The van der Waals surface area contributed by atoms with Gasteiger partial charge in [-0.1, -0.05) is 268 Å². The van der Waals surface area contributed by atoms with Gasteiger partial charge in [0, 0.05) is 6.42 Å². The number of unbranched alkanes of at least 4 members (excludes halogenated alkanes) is 33. The molecule has 0 radical (unpaired) electrons. The molecule has 9 N–H and O–H groups in total. The molecule has 0 saturated carbocycles. The van der Waals surface area contributed by atoms with Gasteiger partial charge < -0.3 is 65.1 Å². The molecule has 14 heteroatoms. The predicted molar refractivity (Wildman–Crippen MR) is 327 cm³/mol. The topological polar surface area (TPSA) is 228 Å². The standard InChI is InChI=1S/C67H123NO13/c1-3-5-7-9-11-13-15-17-19-21-23-25-26-27-28-29-30-31-33-35-37-39-41-43-45-47-49-51-59(72)68-55(56(71)50-48-46-44-42-40-38-36-34-32-24-22-20-18-16-14-12-10-8-6-4-2)54-78-66-64(77)62(75)65(58(53-70)80-66)81-67-63(76)61(74)60(73)57(52-69)79-67/h5,7,11,13,17,19,23,25,55-58,60-67,69-71,73-77H,3-4,6,8-10,12,14-16,18,20-22,24,26-54H2,1-2H3,(H,68,72)/b7-5-,13-11-,19-17-,25-23-. The quantitative estimate of drug-likeness (QED) is 0.0204. The molecule has 2 fully saturated rings. The lowest BCUT2D eigenvalue weighted by Gasteiger charge is -2.46. The highest BCUT2D eigenvalue weighted by molar-refractivity contribution is 5.76. The van der Waals surface area contributed by atoms with Gasteiger partial charge in [-0.05, 0) is 51.4 Å². The fraction of sp³-hybridized carbons (Fsp3) is 0.866. The molecular weight excluding hydrogens is 1030 g/mol. The van der Waals surface area contributed by atoms with E-state index < -0.39 is 86.8 Å². The molecule has 81 heavy (non-hydrogen) atoms.